The molecule has 150 valence electrons. The summed E-state index contributed by atoms with van der Waals surface area (Å²) in [6, 6.07) is 7.35. The molecule has 0 heterocycles. The van der Waals surface area contributed by atoms with E-state index < -0.39 is 11.9 Å². The average Bonchev–Trinajstić information content (AvgIpc) is 2.72. The van der Waals surface area contributed by atoms with Gasteiger partial charge < -0.3 is 29.4 Å². The number of hydrogen-bond acceptors (Lipinski definition) is 7. The number of ether oxygens (including phenoxy) is 4. The molecule has 28 heavy (non-hydrogen) atoms. The number of aliphatic hydroxyl groups excluding tert-OH is 1. The Balaban J connectivity index is 2.32. The largest absolute Gasteiger partial charge is 0.493 e. The number of carbonyl (C=O) groups is 2. The lowest BCUT2D eigenvalue weighted by Crippen LogP contribution is -2.16. The van der Waals surface area contributed by atoms with E-state index in [2.05, 4.69) is 5.32 Å². The molecule has 8 nitrogen and oxygen atoms in total. The SMILES string of the molecule is COc1cc(OC(=O)c2ccc(CO)c(NC(=O)CCl)c2)cc(OC)c1OC. The average molecular weight is 410 g/mol. The van der Waals surface area contributed by atoms with Crippen molar-refractivity contribution in [3.05, 3.63) is 41.5 Å². The van der Waals surface area contributed by atoms with Crippen molar-refractivity contribution in [2.75, 3.05) is 32.5 Å². The molecule has 0 radical (unpaired) electrons. The van der Waals surface area contributed by atoms with Crippen LogP contribution in [0.3, 0.4) is 0 Å². The molecule has 2 aromatic rings. The van der Waals surface area contributed by atoms with Gasteiger partial charge in [-0.05, 0) is 12.1 Å². The lowest BCUT2D eigenvalue weighted by atomic mass is 10.1. The Morgan fingerprint density at radius 1 is 1.04 bits per heavy atom. The summed E-state index contributed by atoms with van der Waals surface area (Å²) in [5.74, 6) is -0.206. The first-order valence-electron chi connectivity index (χ1n) is 8.09. The van der Waals surface area contributed by atoms with Crippen molar-refractivity contribution in [3.8, 4) is 23.0 Å². The van der Waals surface area contributed by atoms with Gasteiger partial charge in [0.15, 0.2) is 11.5 Å². The van der Waals surface area contributed by atoms with Crippen LogP contribution in [0.4, 0.5) is 5.69 Å². The first-order chi connectivity index (χ1) is 13.5. The highest BCUT2D eigenvalue weighted by atomic mass is 35.5. The van der Waals surface area contributed by atoms with Gasteiger partial charge in [0, 0.05) is 23.4 Å². The smallest absolute Gasteiger partial charge is 0.343 e. The normalized spacial score (nSPS) is 10.2. The van der Waals surface area contributed by atoms with E-state index >= 15 is 0 Å². The van der Waals surface area contributed by atoms with Gasteiger partial charge in [0.2, 0.25) is 11.7 Å². The van der Waals surface area contributed by atoms with Gasteiger partial charge >= 0.3 is 5.97 Å². The fourth-order valence-electron chi connectivity index (χ4n) is 2.42. The summed E-state index contributed by atoms with van der Waals surface area (Å²) in [4.78, 5) is 24.1. The maximum absolute atomic E-state index is 12.5. The zero-order valence-corrected chi connectivity index (χ0v) is 16.3. The van der Waals surface area contributed by atoms with Gasteiger partial charge in [-0.1, -0.05) is 6.07 Å². The van der Waals surface area contributed by atoms with Crippen LogP contribution in [0.25, 0.3) is 0 Å². The first-order valence-corrected chi connectivity index (χ1v) is 8.62. The predicted octanol–water partition coefficient (Wildman–Crippen LogP) is 2.60. The molecular weight excluding hydrogens is 390 g/mol. The Labute approximate surface area is 166 Å². The third kappa shape index (κ3) is 4.85. The standard InChI is InChI=1S/C19H20ClNO7/c1-25-15-7-13(8-16(26-2)18(15)27-3)28-19(24)11-4-5-12(10-22)14(6-11)21-17(23)9-20/h4-8,22H,9-10H2,1-3H3,(H,21,23). The Morgan fingerprint density at radius 2 is 1.68 bits per heavy atom. The van der Waals surface area contributed by atoms with Gasteiger partial charge in [0.25, 0.3) is 0 Å². The molecule has 0 fully saturated rings. The minimum Gasteiger partial charge on any atom is -0.493 e. The topological polar surface area (TPSA) is 103 Å². The quantitative estimate of drug-likeness (QED) is 0.392. The maximum atomic E-state index is 12.5. The van der Waals surface area contributed by atoms with Crippen molar-refractivity contribution in [1.29, 1.82) is 0 Å². The summed E-state index contributed by atoms with van der Waals surface area (Å²) in [6.45, 7) is -0.319. The molecule has 0 aliphatic heterocycles. The summed E-state index contributed by atoms with van der Waals surface area (Å²) >= 11 is 5.49. The third-order valence-corrected chi connectivity index (χ3v) is 4.00. The van der Waals surface area contributed by atoms with E-state index in [9.17, 15) is 14.7 Å². The molecule has 9 heteroatoms. The number of aliphatic hydroxyl groups is 1. The zero-order chi connectivity index (χ0) is 20.7. The first kappa shape index (κ1) is 21.3. The molecule has 1 amide bonds. The van der Waals surface area contributed by atoms with Crippen molar-refractivity contribution in [3.63, 3.8) is 0 Å². The van der Waals surface area contributed by atoms with E-state index in [1.165, 1.54) is 51.7 Å². The summed E-state index contributed by atoms with van der Waals surface area (Å²) < 4.78 is 21.1. The molecule has 2 N–H and O–H groups in total. The molecule has 2 rings (SSSR count). The van der Waals surface area contributed by atoms with E-state index in [0.29, 0.717) is 22.8 Å². The Hall–Kier alpha value is -2.97. The van der Waals surface area contributed by atoms with E-state index in [1.54, 1.807) is 0 Å². The van der Waals surface area contributed by atoms with Crippen LogP contribution in [0.5, 0.6) is 23.0 Å². The van der Waals surface area contributed by atoms with Crippen LogP contribution in [-0.4, -0.2) is 44.2 Å². The monoisotopic (exact) mass is 409 g/mol. The second-order valence-electron chi connectivity index (χ2n) is 5.46. The molecule has 2 aromatic carbocycles. The van der Waals surface area contributed by atoms with Crippen molar-refractivity contribution < 1.29 is 33.6 Å². The van der Waals surface area contributed by atoms with Crippen LogP contribution in [0.2, 0.25) is 0 Å². The summed E-state index contributed by atoms with van der Waals surface area (Å²) in [5, 5.41) is 11.9. The molecule has 0 unspecified atom stereocenters. The van der Waals surface area contributed by atoms with Crippen molar-refractivity contribution in [2.24, 2.45) is 0 Å². The molecule has 0 bridgehead atoms. The number of amides is 1. The number of halogens is 1. The highest BCUT2D eigenvalue weighted by molar-refractivity contribution is 6.29. The van der Waals surface area contributed by atoms with E-state index in [-0.39, 0.29) is 29.5 Å². The summed E-state index contributed by atoms with van der Waals surface area (Å²) in [6.07, 6.45) is 0. The van der Waals surface area contributed by atoms with Crippen LogP contribution in [0, 0.1) is 0 Å². The number of hydrogen-bond donors (Lipinski definition) is 2. The third-order valence-electron chi connectivity index (χ3n) is 3.76. The van der Waals surface area contributed by atoms with Crippen LogP contribution in [0.1, 0.15) is 15.9 Å². The highest BCUT2D eigenvalue weighted by Gasteiger charge is 2.18. The number of methoxy groups -OCH3 is 3. The van der Waals surface area contributed by atoms with Crippen LogP contribution < -0.4 is 24.3 Å². The van der Waals surface area contributed by atoms with Crippen molar-refractivity contribution >= 4 is 29.2 Å². The molecule has 0 aliphatic rings. The summed E-state index contributed by atoms with van der Waals surface area (Å²) in [7, 11) is 4.36. The fraction of sp³-hybridized carbons (Fsp3) is 0.263. The number of rotatable bonds is 8. The summed E-state index contributed by atoms with van der Waals surface area (Å²) in [5.41, 5.74) is 0.867. The number of nitrogens with one attached hydrogen (secondary N) is 1. The molecule has 0 aliphatic carbocycles. The minimum absolute atomic E-state index is 0.163. The van der Waals surface area contributed by atoms with Gasteiger partial charge in [-0.25, -0.2) is 4.79 Å². The number of anilines is 1. The van der Waals surface area contributed by atoms with Crippen molar-refractivity contribution in [1.82, 2.24) is 0 Å². The van der Waals surface area contributed by atoms with Crippen LogP contribution in [0.15, 0.2) is 30.3 Å². The van der Waals surface area contributed by atoms with Gasteiger partial charge in [-0.15, -0.1) is 11.6 Å². The van der Waals surface area contributed by atoms with E-state index in [0.717, 1.165) is 0 Å². The zero-order valence-electron chi connectivity index (χ0n) is 15.6. The van der Waals surface area contributed by atoms with E-state index in [4.69, 9.17) is 30.5 Å². The molecule has 0 saturated carbocycles. The molecule has 0 spiro atoms. The number of alkyl halides is 1. The second kappa shape index (κ2) is 9.82. The fourth-order valence-corrected chi connectivity index (χ4v) is 2.49. The number of carbonyl (C=O) groups excluding carboxylic acids is 2. The van der Waals surface area contributed by atoms with Gasteiger partial charge in [-0.3, -0.25) is 4.79 Å². The Bertz CT molecular complexity index is 844. The van der Waals surface area contributed by atoms with Crippen molar-refractivity contribution in [2.45, 2.75) is 6.61 Å². The predicted molar refractivity (Wildman–Crippen MR) is 103 cm³/mol. The minimum atomic E-state index is -0.680. The van der Waals surface area contributed by atoms with E-state index in [1.807, 2.05) is 0 Å². The molecule has 0 aromatic heterocycles. The second-order valence-corrected chi connectivity index (χ2v) is 5.73. The number of esters is 1. The molecule has 0 saturated heterocycles. The Morgan fingerprint density at radius 3 is 2.18 bits per heavy atom. The lowest BCUT2D eigenvalue weighted by molar-refractivity contribution is -0.113. The van der Waals surface area contributed by atoms with Gasteiger partial charge in [0.05, 0.1) is 33.5 Å². The molecule has 0 atom stereocenters. The Kier molecular flexibility index (Phi) is 7.48. The van der Waals surface area contributed by atoms with Gasteiger partial charge in [0.1, 0.15) is 11.6 Å². The van der Waals surface area contributed by atoms with Gasteiger partial charge in [-0.2, -0.15) is 0 Å². The number of benzene rings is 2. The maximum Gasteiger partial charge on any atom is 0.343 e. The van der Waals surface area contributed by atoms with Crippen LogP contribution in [-0.2, 0) is 11.4 Å². The van der Waals surface area contributed by atoms with Crippen LogP contribution >= 0.6 is 11.6 Å². The molecular formula is C19H20ClNO7. The lowest BCUT2D eigenvalue weighted by Gasteiger charge is -2.14. The highest BCUT2D eigenvalue weighted by Crippen LogP contribution is 2.41.